The molecule has 0 heterocycles. The Morgan fingerprint density at radius 3 is 1.82 bits per heavy atom. The van der Waals surface area contributed by atoms with Crippen molar-refractivity contribution < 1.29 is 0 Å². The summed E-state index contributed by atoms with van der Waals surface area (Å²) >= 11 is 5.35. The van der Waals surface area contributed by atoms with Crippen molar-refractivity contribution in [3.63, 3.8) is 0 Å². The van der Waals surface area contributed by atoms with Crippen molar-refractivity contribution in [2.24, 2.45) is 5.41 Å². The van der Waals surface area contributed by atoms with Crippen LogP contribution in [0.4, 0.5) is 0 Å². The summed E-state index contributed by atoms with van der Waals surface area (Å²) in [5, 5.41) is 0. The van der Waals surface area contributed by atoms with E-state index in [1.165, 1.54) is 44.9 Å². The molecule has 0 aromatic rings. The van der Waals surface area contributed by atoms with Gasteiger partial charge in [0, 0.05) is 7.35 Å². The van der Waals surface area contributed by atoms with Gasteiger partial charge in [0.2, 0.25) is 0 Å². The molecule has 104 valence electrons. The van der Waals surface area contributed by atoms with Crippen LogP contribution < -0.4 is 0 Å². The van der Waals surface area contributed by atoms with Crippen molar-refractivity contribution in [2.75, 3.05) is 0 Å². The zero-order chi connectivity index (χ0) is 13.5. The molecule has 0 saturated carbocycles. The second-order valence-electron chi connectivity index (χ2n) is 6.35. The lowest BCUT2D eigenvalue weighted by Gasteiger charge is -2.41. The lowest BCUT2D eigenvalue weighted by atomic mass is 9.79. The molecule has 0 aliphatic carbocycles. The minimum absolute atomic E-state index is 0.391. The van der Waals surface area contributed by atoms with Crippen molar-refractivity contribution >= 4 is 45.2 Å². The van der Waals surface area contributed by atoms with Gasteiger partial charge in [0.05, 0.1) is 0 Å². The highest BCUT2D eigenvalue weighted by Crippen LogP contribution is 2.45. The predicted octanol–water partition coefficient (Wildman–Crippen LogP) is 6.78. The standard InChI is InChI=1S/C15H30I2/c1-6-7-8-9-10-11-12-13(16)15(5,17)14(2,3)4/h13H,6-12H2,1-5H3. The molecular weight excluding hydrogens is 434 g/mol. The first-order valence-corrected chi connectivity index (χ1v) is 9.39. The molecule has 0 aliphatic heterocycles. The summed E-state index contributed by atoms with van der Waals surface area (Å²) in [6.45, 7) is 11.8. The molecule has 0 bridgehead atoms. The Kier molecular flexibility index (Phi) is 9.33. The molecule has 17 heavy (non-hydrogen) atoms. The minimum atomic E-state index is 0.391. The van der Waals surface area contributed by atoms with Crippen molar-refractivity contribution in [1.82, 2.24) is 0 Å². The lowest BCUT2D eigenvalue weighted by molar-refractivity contribution is 0.307. The van der Waals surface area contributed by atoms with Crippen LogP contribution in [-0.2, 0) is 0 Å². The third-order valence-electron chi connectivity index (χ3n) is 3.87. The van der Waals surface area contributed by atoms with Crippen LogP contribution in [0.3, 0.4) is 0 Å². The topological polar surface area (TPSA) is 0 Å². The van der Waals surface area contributed by atoms with Gasteiger partial charge in [-0.2, -0.15) is 0 Å². The Labute approximate surface area is 136 Å². The highest BCUT2D eigenvalue weighted by Gasteiger charge is 2.40. The van der Waals surface area contributed by atoms with E-state index in [1.54, 1.807) is 0 Å². The monoisotopic (exact) mass is 464 g/mol. The number of unbranched alkanes of at least 4 members (excludes halogenated alkanes) is 5. The molecule has 0 spiro atoms. The van der Waals surface area contributed by atoms with Crippen LogP contribution in [0, 0.1) is 5.41 Å². The van der Waals surface area contributed by atoms with Crippen molar-refractivity contribution in [3.8, 4) is 0 Å². The van der Waals surface area contributed by atoms with Crippen molar-refractivity contribution in [2.45, 2.75) is 86.9 Å². The maximum Gasteiger partial charge on any atom is 0.0359 e. The second kappa shape index (κ2) is 8.60. The Bertz CT molecular complexity index is 192. The molecule has 0 nitrogen and oxygen atoms in total. The predicted molar refractivity (Wildman–Crippen MR) is 97.7 cm³/mol. The highest BCUT2D eigenvalue weighted by molar-refractivity contribution is 14.1. The van der Waals surface area contributed by atoms with E-state index in [-0.39, 0.29) is 0 Å². The minimum Gasteiger partial charge on any atom is -0.0812 e. The van der Waals surface area contributed by atoms with Gasteiger partial charge < -0.3 is 0 Å². The van der Waals surface area contributed by atoms with Crippen LogP contribution in [0.5, 0.6) is 0 Å². The van der Waals surface area contributed by atoms with Gasteiger partial charge in [0.25, 0.3) is 0 Å². The van der Waals surface area contributed by atoms with Crippen molar-refractivity contribution in [1.29, 1.82) is 0 Å². The van der Waals surface area contributed by atoms with Crippen molar-refractivity contribution in [3.05, 3.63) is 0 Å². The Morgan fingerprint density at radius 1 is 0.882 bits per heavy atom. The maximum absolute atomic E-state index is 2.68. The van der Waals surface area contributed by atoms with Crippen LogP contribution in [-0.4, -0.2) is 7.35 Å². The highest BCUT2D eigenvalue weighted by atomic mass is 127. The molecule has 0 N–H and O–H groups in total. The summed E-state index contributed by atoms with van der Waals surface area (Å²) in [4.78, 5) is 0. The number of hydrogen-bond donors (Lipinski definition) is 0. The van der Waals surface area contributed by atoms with Crippen LogP contribution in [0.1, 0.15) is 79.6 Å². The molecule has 2 heteroatoms. The normalized spacial score (nSPS) is 17.8. The molecule has 2 unspecified atom stereocenters. The molecule has 2 atom stereocenters. The van der Waals surface area contributed by atoms with Crippen LogP contribution in [0.25, 0.3) is 0 Å². The molecule has 0 amide bonds. The van der Waals surface area contributed by atoms with Gasteiger partial charge >= 0.3 is 0 Å². The first-order chi connectivity index (χ1) is 7.73. The van der Waals surface area contributed by atoms with Gasteiger partial charge in [-0.15, -0.1) is 0 Å². The molecule has 0 radical (unpaired) electrons. The van der Waals surface area contributed by atoms with Gasteiger partial charge in [-0.3, -0.25) is 0 Å². The molecule has 0 saturated heterocycles. The van der Waals surface area contributed by atoms with Gasteiger partial charge in [0.15, 0.2) is 0 Å². The summed E-state index contributed by atoms with van der Waals surface area (Å²) in [5.41, 5.74) is 0.391. The van der Waals surface area contributed by atoms with E-state index in [0.717, 1.165) is 3.92 Å². The van der Waals surface area contributed by atoms with E-state index >= 15 is 0 Å². The van der Waals surface area contributed by atoms with Crippen LogP contribution in [0.2, 0.25) is 0 Å². The SMILES string of the molecule is CCCCCCCCC(I)C(C)(I)C(C)(C)C. The van der Waals surface area contributed by atoms with E-state index in [1.807, 2.05) is 0 Å². The zero-order valence-electron chi connectivity index (χ0n) is 12.3. The summed E-state index contributed by atoms with van der Waals surface area (Å²) in [6, 6.07) is 0. The molecule has 0 aliphatic rings. The lowest BCUT2D eigenvalue weighted by Crippen LogP contribution is -2.41. The van der Waals surface area contributed by atoms with E-state index in [4.69, 9.17) is 0 Å². The molecule has 0 fully saturated rings. The largest absolute Gasteiger partial charge is 0.0812 e. The fourth-order valence-corrected chi connectivity index (χ4v) is 3.53. The number of halogens is 2. The third kappa shape index (κ3) is 6.98. The number of hydrogen-bond acceptors (Lipinski definition) is 0. The molecule has 0 aromatic carbocycles. The van der Waals surface area contributed by atoms with Gasteiger partial charge in [0.1, 0.15) is 0 Å². The first-order valence-electron chi connectivity index (χ1n) is 7.06. The first kappa shape index (κ1) is 18.5. The fraction of sp³-hybridized carbons (Fsp3) is 1.00. The Morgan fingerprint density at radius 2 is 1.35 bits per heavy atom. The number of alkyl halides is 2. The Hall–Kier alpha value is 1.46. The summed E-state index contributed by atoms with van der Waals surface area (Å²) in [6.07, 6.45) is 9.85. The maximum atomic E-state index is 2.68. The quantitative estimate of drug-likeness (QED) is 0.211. The average molecular weight is 464 g/mol. The van der Waals surface area contributed by atoms with E-state index in [0.29, 0.717) is 8.84 Å². The van der Waals surface area contributed by atoms with Gasteiger partial charge in [-0.05, 0) is 18.8 Å². The average Bonchev–Trinajstić information content (AvgIpc) is 2.21. The van der Waals surface area contributed by atoms with E-state index < -0.39 is 0 Å². The summed E-state index contributed by atoms with van der Waals surface area (Å²) in [7, 11) is 0. The number of rotatable bonds is 8. The zero-order valence-corrected chi connectivity index (χ0v) is 16.6. The fourth-order valence-electron chi connectivity index (χ4n) is 1.84. The van der Waals surface area contributed by atoms with E-state index in [2.05, 4.69) is 79.8 Å². The van der Waals surface area contributed by atoms with Gasteiger partial charge in [-0.1, -0.05) is 111 Å². The Balaban J connectivity index is 3.82. The van der Waals surface area contributed by atoms with E-state index in [9.17, 15) is 0 Å². The third-order valence-corrected chi connectivity index (χ3v) is 9.30. The molecule has 0 rings (SSSR count). The van der Waals surface area contributed by atoms with Gasteiger partial charge in [-0.25, -0.2) is 0 Å². The molecular formula is C15H30I2. The smallest absolute Gasteiger partial charge is 0.0359 e. The van der Waals surface area contributed by atoms with Crippen LogP contribution in [0.15, 0.2) is 0 Å². The summed E-state index contributed by atoms with van der Waals surface area (Å²) in [5.74, 6) is 0. The second-order valence-corrected chi connectivity index (χ2v) is 10.1. The molecule has 0 aromatic heterocycles. The van der Waals surface area contributed by atoms with Crippen LogP contribution >= 0.6 is 45.2 Å². The summed E-state index contributed by atoms with van der Waals surface area (Å²) < 4.78 is 1.18.